The van der Waals surface area contributed by atoms with Crippen LogP contribution in [-0.4, -0.2) is 32.2 Å². The lowest BCUT2D eigenvalue weighted by molar-refractivity contribution is -0.122. The highest BCUT2D eigenvalue weighted by molar-refractivity contribution is 5.78. The number of hydrogen-bond acceptors (Lipinski definition) is 5. The van der Waals surface area contributed by atoms with Gasteiger partial charge in [-0.05, 0) is 20.8 Å². The summed E-state index contributed by atoms with van der Waals surface area (Å²) >= 11 is 0. The predicted octanol–water partition coefficient (Wildman–Crippen LogP) is 2.00. The highest BCUT2D eigenvalue weighted by atomic mass is 16.5. The minimum atomic E-state index is -0.223. The van der Waals surface area contributed by atoms with E-state index in [0.29, 0.717) is 30.2 Å². The first kappa shape index (κ1) is 16.9. The van der Waals surface area contributed by atoms with E-state index in [-0.39, 0.29) is 11.4 Å². The number of carbonyl (C=O) groups excluding carboxylic acids is 1. The molecule has 6 heteroatoms. The fourth-order valence-corrected chi connectivity index (χ4v) is 1.84. The van der Waals surface area contributed by atoms with Gasteiger partial charge in [-0.2, -0.15) is 0 Å². The average Bonchev–Trinajstić information content (AvgIpc) is 2.38. The fraction of sp³-hybridized carbons (Fsp3) is 0.533. The SMILES string of the molecule is COc1cc(N)c(NCCC(=O)NC(C)(C)C)cc1OC. The highest BCUT2D eigenvalue weighted by Gasteiger charge is 2.14. The first-order valence-electron chi connectivity index (χ1n) is 6.83. The molecule has 0 aliphatic rings. The van der Waals surface area contributed by atoms with Gasteiger partial charge in [-0.1, -0.05) is 0 Å². The normalized spacial score (nSPS) is 10.9. The number of nitrogens with two attached hydrogens (primary N) is 1. The van der Waals surface area contributed by atoms with Crippen molar-refractivity contribution in [2.24, 2.45) is 0 Å². The lowest BCUT2D eigenvalue weighted by Crippen LogP contribution is -2.41. The Kier molecular flexibility index (Phi) is 5.69. The Hall–Kier alpha value is -2.11. The summed E-state index contributed by atoms with van der Waals surface area (Å²) in [5.41, 5.74) is 6.98. The Morgan fingerprint density at radius 3 is 2.29 bits per heavy atom. The fourth-order valence-electron chi connectivity index (χ4n) is 1.84. The molecule has 0 spiro atoms. The molecule has 0 fully saturated rings. The van der Waals surface area contributed by atoms with E-state index in [1.54, 1.807) is 26.4 Å². The molecule has 0 aliphatic heterocycles. The topological polar surface area (TPSA) is 85.6 Å². The second kappa shape index (κ2) is 7.06. The van der Waals surface area contributed by atoms with Crippen molar-refractivity contribution in [2.45, 2.75) is 32.7 Å². The minimum Gasteiger partial charge on any atom is -0.493 e. The average molecular weight is 295 g/mol. The summed E-state index contributed by atoms with van der Waals surface area (Å²) < 4.78 is 10.4. The van der Waals surface area contributed by atoms with Crippen molar-refractivity contribution in [1.29, 1.82) is 0 Å². The molecule has 0 saturated carbocycles. The van der Waals surface area contributed by atoms with Gasteiger partial charge in [0, 0.05) is 30.6 Å². The van der Waals surface area contributed by atoms with Crippen LogP contribution in [0.15, 0.2) is 12.1 Å². The zero-order valence-electron chi connectivity index (χ0n) is 13.4. The molecule has 1 amide bonds. The number of carbonyl (C=O) groups is 1. The first-order chi connectivity index (χ1) is 9.76. The Bertz CT molecular complexity index is 496. The van der Waals surface area contributed by atoms with Gasteiger partial charge in [-0.25, -0.2) is 0 Å². The van der Waals surface area contributed by atoms with E-state index in [0.717, 1.165) is 5.69 Å². The van der Waals surface area contributed by atoms with E-state index >= 15 is 0 Å². The van der Waals surface area contributed by atoms with Crippen LogP contribution in [0.2, 0.25) is 0 Å². The van der Waals surface area contributed by atoms with Crippen molar-refractivity contribution in [3.05, 3.63) is 12.1 Å². The van der Waals surface area contributed by atoms with Gasteiger partial charge in [0.1, 0.15) is 0 Å². The molecule has 0 aromatic heterocycles. The summed E-state index contributed by atoms with van der Waals surface area (Å²) in [7, 11) is 3.12. The predicted molar refractivity (Wildman–Crippen MR) is 85.0 cm³/mol. The van der Waals surface area contributed by atoms with Crippen molar-refractivity contribution in [1.82, 2.24) is 5.32 Å². The molecule has 0 atom stereocenters. The zero-order valence-corrected chi connectivity index (χ0v) is 13.4. The second-order valence-corrected chi connectivity index (χ2v) is 5.77. The lowest BCUT2D eigenvalue weighted by Gasteiger charge is -2.20. The van der Waals surface area contributed by atoms with Crippen LogP contribution in [0.4, 0.5) is 11.4 Å². The van der Waals surface area contributed by atoms with Crippen LogP contribution in [0.25, 0.3) is 0 Å². The monoisotopic (exact) mass is 295 g/mol. The smallest absolute Gasteiger partial charge is 0.222 e. The van der Waals surface area contributed by atoms with E-state index in [9.17, 15) is 4.79 Å². The summed E-state index contributed by atoms with van der Waals surface area (Å²) in [4.78, 5) is 11.7. The number of hydrogen-bond donors (Lipinski definition) is 3. The van der Waals surface area contributed by atoms with E-state index in [4.69, 9.17) is 15.2 Å². The van der Waals surface area contributed by atoms with Gasteiger partial charge in [0.2, 0.25) is 5.91 Å². The van der Waals surface area contributed by atoms with Crippen LogP contribution in [0, 0.1) is 0 Å². The molecular weight excluding hydrogens is 270 g/mol. The van der Waals surface area contributed by atoms with Crippen molar-refractivity contribution >= 4 is 17.3 Å². The van der Waals surface area contributed by atoms with E-state index in [2.05, 4.69) is 10.6 Å². The Labute approximate surface area is 126 Å². The third kappa shape index (κ3) is 5.41. The minimum absolute atomic E-state index is 0.00551. The summed E-state index contributed by atoms with van der Waals surface area (Å²) in [5, 5.41) is 6.04. The van der Waals surface area contributed by atoms with Crippen LogP contribution >= 0.6 is 0 Å². The summed E-state index contributed by atoms with van der Waals surface area (Å²) in [6.45, 7) is 6.33. The third-order valence-electron chi connectivity index (χ3n) is 2.74. The number of nitrogens with one attached hydrogen (secondary N) is 2. The van der Waals surface area contributed by atoms with Crippen molar-refractivity contribution in [2.75, 3.05) is 31.8 Å². The standard InChI is InChI=1S/C15H25N3O3/c1-15(2,3)18-14(19)6-7-17-11-9-13(21-5)12(20-4)8-10(11)16/h8-9,17H,6-7,16H2,1-5H3,(H,18,19). The number of benzene rings is 1. The molecule has 0 heterocycles. The maximum Gasteiger partial charge on any atom is 0.222 e. The maximum absolute atomic E-state index is 11.7. The Morgan fingerprint density at radius 2 is 1.76 bits per heavy atom. The van der Waals surface area contributed by atoms with Gasteiger partial charge < -0.3 is 25.8 Å². The number of ether oxygens (including phenoxy) is 2. The van der Waals surface area contributed by atoms with Crippen molar-refractivity contribution in [3.8, 4) is 11.5 Å². The van der Waals surface area contributed by atoms with Gasteiger partial charge in [0.05, 0.1) is 25.6 Å². The van der Waals surface area contributed by atoms with Gasteiger partial charge in [-0.3, -0.25) is 4.79 Å². The number of rotatable bonds is 6. The van der Waals surface area contributed by atoms with Gasteiger partial charge >= 0.3 is 0 Å². The molecule has 1 rings (SSSR count). The largest absolute Gasteiger partial charge is 0.493 e. The third-order valence-corrected chi connectivity index (χ3v) is 2.74. The quantitative estimate of drug-likeness (QED) is 0.699. The molecule has 0 bridgehead atoms. The number of nitrogen functional groups attached to an aromatic ring is 1. The van der Waals surface area contributed by atoms with Crippen LogP contribution in [0.1, 0.15) is 27.2 Å². The molecule has 1 aromatic carbocycles. The highest BCUT2D eigenvalue weighted by Crippen LogP contribution is 2.34. The molecule has 6 nitrogen and oxygen atoms in total. The zero-order chi connectivity index (χ0) is 16.0. The van der Waals surface area contributed by atoms with E-state index < -0.39 is 0 Å². The summed E-state index contributed by atoms with van der Waals surface area (Å²) in [6, 6.07) is 3.45. The van der Waals surface area contributed by atoms with Crippen molar-refractivity contribution < 1.29 is 14.3 Å². The number of amides is 1. The van der Waals surface area contributed by atoms with Crippen LogP contribution in [0.3, 0.4) is 0 Å². The van der Waals surface area contributed by atoms with E-state index in [1.807, 2.05) is 20.8 Å². The van der Waals surface area contributed by atoms with Gasteiger partial charge in [0.15, 0.2) is 11.5 Å². The molecule has 0 unspecified atom stereocenters. The molecule has 0 aliphatic carbocycles. The van der Waals surface area contributed by atoms with Gasteiger partial charge in [-0.15, -0.1) is 0 Å². The Balaban J connectivity index is 2.62. The molecule has 4 N–H and O–H groups in total. The molecule has 0 saturated heterocycles. The van der Waals surface area contributed by atoms with Gasteiger partial charge in [0.25, 0.3) is 0 Å². The second-order valence-electron chi connectivity index (χ2n) is 5.77. The van der Waals surface area contributed by atoms with Crippen LogP contribution in [0.5, 0.6) is 11.5 Å². The number of anilines is 2. The summed E-state index contributed by atoms with van der Waals surface area (Å²) in [5.74, 6) is 1.16. The Morgan fingerprint density at radius 1 is 1.19 bits per heavy atom. The molecule has 21 heavy (non-hydrogen) atoms. The first-order valence-corrected chi connectivity index (χ1v) is 6.83. The van der Waals surface area contributed by atoms with Crippen LogP contribution in [-0.2, 0) is 4.79 Å². The summed E-state index contributed by atoms with van der Waals surface area (Å²) in [6.07, 6.45) is 0.366. The molecule has 118 valence electrons. The molecule has 1 aromatic rings. The number of methoxy groups -OCH3 is 2. The van der Waals surface area contributed by atoms with Crippen LogP contribution < -0.4 is 25.8 Å². The van der Waals surface area contributed by atoms with Crippen molar-refractivity contribution in [3.63, 3.8) is 0 Å². The maximum atomic E-state index is 11.7. The molecular formula is C15H25N3O3. The lowest BCUT2D eigenvalue weighted by atomic mass is 10.1. The molecule has 0 radical (unpaired) electrons. The van der Waals surface area contributed by atoms with E-state index in [1.165, 1.54) is 0 Å².